The van der Waals surface area contributed by atoms with Gasteiger partial charge in [-0.3, -0.25) is 9.59 Å². The molecule has 9 heteroatoms. The Morgan fingerprint density at radius 3 is 2.62 bits per heavy atom. The first-order valence-corrected chi connectivity index (χ1v) is 15.7. The number of nitrogen functional groups attached to an aromatic ring is 1. The molecule has 1 aliphatic rings. The van der Waals surface area contributed by atoms with Gasteiger partial charge in [-0.05, 0) is 70.4 Å². The summed E-state index contributed by atoms with van der Waals surface area (Å²) in [6, 6.07) is 2.74. The fraction of sp³-hybridized carbons (Fsp3) is 0.636. The summed E-state index contributed by atoms with van der Waals surface area (Å²) in [5.74, 6) is -0.429. The Morgan fingerprint density at radius 1 is 1.29 bits per heavy atom. The van der Waals surface area contributed by atoms with Crippen molar-refractivity contribution in [1.82, 2.24) is 16.0 Å². The van der Waals surface area contributed by atoms with Crippen LogP contribution in [0.3, 0.4) is 0 Å². The van der Waals surface area contributed by atoms with Gasteiger partial charge >= 0.3 is 0 Å². The number of halogens is 2. The molecule has 0 heterocycles. The van der Waals surface area contributed by atoms with Crippen LogP contribution in [0, 0.1) is 18.8 Å². The number of hydrogen-bond acceptors (Lipinski definition) is 5. The largest absolute Gasteiger partial charge is 0.398 e. The summed E-state index contributed by atoms with van der Waals surface area (Å²) >= 11 is 6.36. The second-order valence-corrected chi connectivity index (χ2v) is 12.5. The number of anilines is 1. The quantitative estimate of drug-likeness (QED) is 0.0869. The second-order valence-electron chi connectivity index (χ2n) is 12.2. The summed E-state index contributed by atoms with van der Waals surface area (Å²) in [4.78, 5) is 24.8. The van der Waals surface area contributed by atoms with Crippen LogP contribution in [0.4, 0.5) is 10.1 Å². The molecular weight excluding hydrogens is 555 g/mol. The summed E-state index contributed by atoms with van der Waals surface area (Å²) in [5, 5.41) is 9.36. The fourth-order valence-electron chi connectivity index (χ4n) is 5.90. The third kappa shape index (κ3) is 10.9. The average molecular weight is 607 g/mol. The topological polar surface area (TPSA) is 105 Å². The maximum Gasteiger partial charge on any atom is 0.225 e. The number of hydrogen-bond donors (Lipinski definition) is 4. The van der Waals surface area contributed by atoms with Crippen molar-refractivity contribution in [1.29, 1.82) is 0 Å². The first-order chi connectivity index (χ1) is 19.9. The number of rotatable bonds is 18. The minimum Gasteiger partial charge on any atom is -0.398 e. The second kappa shape index (κ2) is 17.5. The van der Waals surface area contributed by atoms with Gasteiger partial charge in [0.05, 0.1) is 34.9 Å². The van der Waals surface area contributed by atoms with Crippen molar-refractivity contribution in [2.75, 3.05) is 12.3 Å². The van der Waals surface area contributed by atoms with E-state index in [0.717, 1.165) is 48.8 Å². The normalized spacial score (nSPS) is 20.5. The molecule has 7 unspecified atom stereocenters. The Morgan fingerprint density at radius 2 is 2.00 bits per heavy atom. The van der Waals surface area contributed by atoms with Gasteiger partial charge in [-0.2, -0.15) is 0 Å². The predicted molar refractivity (Wildman–Crippen MR) is 172 cm³/mol. The molecule has 0 bridgehead atoms. The Balaban J connectivity index is 2.29. The third-order valence-electron chi connectivity index (χ3n) is 8.19. The highest BCUT2D eigenvalue weighted by Crippen LogP contribution is 2.31. The van der Waals surface area contributed by atoms with Gasteiger partial charge in [0.1, 0.15) is 6.17 Å². The molecule has 7 nitrogen and oxygen atoms in total. The standard InChI is InChI=1S/C33H52ClFN4O3/c1-8-10-31(42-26-12-9-11-21(4)16-26)30(15-20(2)3)39-33(41)28(17-25(35)18-37-19-40)24(7)38-23(6)27-13-14-29(36)32(34)22(27)5/h13-14,19,21,24-26,28,30-31,38H,2,6,8-12,15-18,36H2,1,3-5,7H3,(H,37,40)(H,39,41). The van der Waals surface area contributed by atoms with E-state index in [2.05, 4.69) is 43.0 Å². The van der Waals surface area contributed by atoms with Crippen LogP contribution in [0.25, 0.3) is 5.70 Å². The number of benzene rings is 1. The lowest BCUT2D eigenvalue weighted by Crippen LogP contribution is -2.51. The maximum atomic E-state index is 15.0. The molecule has 2 rings (SSSR count). The summed E-state index contributed by atoms with van der Waals surface area (Å²) in [6.07, 6.45) is 5.60. The lowest BCUT2D eigenvalue weighted by atomic mass is 9.88. The number of carbonyl (C=O) groups excluding carboxylic acids is 2. The van der Waals surface area contributed by atoms with Crippen LogP contribution in [0.1, 0.15) is 90.2 Å². The van der Waals surface area contributed by atoms with Crippen LogP contribution in [0.5, 0.6) is 0 Å². The molecule has 0 aliphatic heterocycles. The van der Waals surface area contributed by atoms with Crippen LogP contribution in [-0.4, -0.2) is 49.3 Å². The maximum absolute atomic E-state index is 15.0. The van der Waals surface area contributed by atoms with E-state index in [4.69, 9.17) is 22.1 Å². The van der Waals surface area contributed by atoms with Crippen LogP contribution < -0.4 is 21.7 Å². The molecule has 2 amide bonds. The van der Waals surface area contributed by atoms with Crippen molar-refractivity contribution in [3.63, 3.8) is 0 Å². The van der Waals surface area contributed by atoms with Gasteiger partial charge in [-0.1, -0.05) is 62.9 Å². The van der Waals surface area contributed by atoms with Crippen LogP contribution >= 0.6 is 11.6 Å². The van der Waals surface area contributed by atoms with Gasteiger partial charge in [0.15, 0.2) is 0 Å². The highest BCUT2D eigenvalue weighted by molar-refractivity contribution is 6.34. The molecule has 1 fully saturated rings. The molecule has 5 N–H and O–H groups in total. The van der Waals surface area contributed by atoms with E-state index in [1.165, 1.54) is 6.42 Å². The first-order valence-electron chi connectivity index (χ1n) is 15.3. The number of amides is 2. The smallest absolute Gasteiger partial charge is 0.225 e. The molecule has 0 spiro atoms. The molecule has 1 saturated carbocycles. The Kier molecular flexibility index (Phi) is 14.9. The minimum absolute atomic E-state index is 0.0885. The molecule has 0 radical (unpaired) electrons. The summed E-state index contributed by atoms with van der Waals surface area (Å²) in [7, 11) is 0. The van der Waals surface area contributed by atoms with Gasteiger partial charge in [-0.25, -0.2) is 4.39 Å². The fourth-order valence-corrected chi connectivity index (χ4v) is 6.06. The minimum atomic E-state index is -1.41. The molecule has 7 atom stereocenters. The number of alkyl halides is 1. The Labute approximate surface area is 257 Å². The number of carbonyl (C=O) groups is 2. The zero-order chi connectivity index (χ0) is 31.4. The van der Waals surface area contributed by atoms with E-state index < -0.39 is 18.1 Å². The Hall–Kier alpha value is -2.58. The Bertz CT molecular complexity index is 1070. The van der Waals surface area contributed by atoms with E-state index in [0.29, 0.717) is 35.2 Å². The summed E-state index contributed by atoms with van der Waals surface area (Å²) in [6.45, 7) is 18.1. The molecule has 236 valence electrons. The van der Waals surface area contributed by atoms with Crippen molar-refractivity contribution < 1.29 is 18.7 Å². The monoisotopic (exact) mass is 606 g/mol. The van der Waals surface area contributed by atoms with E-state index in [1.807, 2.05) is 26.8 Å². The average Bonchev–Trinajstić information content (AvgIpc) is 2.92. The molecule has 42 heavy (non-hydrogen) atoms. The van der Waals surface area contributed by atoms with Crippen LogP contribution in [0.2, 0.25) is 5.02 Å². The van der Waals surface area contributed by atoms with Crippen molar-refractivity contribution in [2.45, 2.75) is 116 Å². The molecule has 0 saturated heterocycles. The lowest BCUT2D eigenvalue weighted by Gasteiger charge is -2.36. The molecule has 0 aromatic heterocycles. The van der Waals surface area contributed by atoms with Crippen molar-refractivity contribution in [3.05, 3.63) is 47.0 Å². The van der Waals surface area contributed by atoms with Crippen molar-refractivity contribution in [3.8, 4) is 0 Å². The van der Waals surface area contributed by atoms with E-state index in [9.17, 15) is 9.59 Å². The van der Waals surface area contributed by atoms with E-state index >= 15 is 4.39 Å². The van der Waals surface area contributed by atoms with Crippen molar-refractivity contribution in [2.24, 2.45) is 11.8 Å². The summed E-state index contributed by atoms with van der Waals surface area (Å²) in [5.41, 5.74) is 9.43. The zero-order valence-electron chi connectivity index (χ0n) is 26.1. The third-order valence-corrected chi connectivity index (χ3v) is 8.69. The molecule has 1 aliphatic carbocycles. The van der Waals surface area contributed by atoms with Crippen LogP contribution in [0.15, 0.2) is 30.9 Å². The number of nitrogens with one attached hydrogen (secondary N) is 3. The predicted octanol–water partition coefficient (Wildman–Crippen LogP) is 6.48. The van der Waals surface area contributed by atoms with Crippen molar-refractivity contribution >= 4 is 35.3 Å². The molecule has 1 aromatic rings. The highest BCUT2D eigenvalue weighted by atomic mass is 35.5. The van der Waals surface area contributed by atoms with Crippen LogP contribution in [-0.2, 0) is 14.3 Å². The highest BCUT2D eigenvalue weighted by Gasteiger charge is 2.34. The molecule has 1 aromatic carbocycles. The summed E-state index contributed by atoms with van der Waals surface area (Å²) < 4.78 is 21.7. The first kappa shape index (κ1) is 35.6. The van der Waals surface area contributed by atoms with Gasteiger partial charge < -0.3 is 26.4 Å². The lowest BCUT2D eigenvalue weighted by molar-refractivity contribution is -0.129. The van der Waals surface area contributed by atoms with Gasteiger partial charge in [0.2, 0.25) is 12.3 Å². The molecular formula is C33H52ClFN4O3. The zero-order valence-corrected chi connectivity index (χ0v) is 26.9. The van der Waals surface area contributed by atoms with Gasteiger partial charge in [0, 0.05) is 23.8 Å². The van der Waals surface area contributed by atoms with Gasteiger partial charge in [0.25, 0.3) is 0 Å². The number of nitrogens with two attached hydrogens (primary N) is 1. The SMILES string of the molecule is C=C(C)CC(NC(=O)C(CC(F)CNC=O)C(C)NC(=C)c1ccc(N)c(Cl)c1C)C(CCC)OC1CCCC(C)C1. The van der Waals surface area contributed by atoms with E-state index in [1.54, 1.807) is 6.07 Å². The number of ether oxygens (including phenoxy) is 1. The van der Waals surface area contributed by atoms with Gasteiger partial charge in [-0.15, -0.1) is 6.58 Å². The van der Waals surface area contributed by atoms with E-state index in [-0.39, 0.29) is 37.1 Å².